The summed E-state index contributed by atoms with van der Waals surface area (Å²) in [5, 5.41) is 0. The maximum absolute atomic E-state index is 12.4. The van der Waals surface area contributed by atoms with E-state index in [1.807, 2.05) is 55.5 Å². The van der Waals surface area contributed by atoms with Gasteiger partial charge in [0.25, 0.3) is 5.91 Å². The van der Waals surface area contributed by atoms with Gasteiger partial charge in [-0.15, -0.1) is 0 Å². The molecule has 3 aromatic rings. The molecule has 0 unspecified atom stereocenters. The van der Waals surface area contributed by atoms with Crippen molar-refractivity contribution >= 4 is 39.5 Å². The first kappa shape index (κ1) is 20.5. The number of nitrogens with zero attached hydrogens (tertiary/aromatic N) is 2. The van der Waals surface area contributed by atoms with Crippen molar-refractivity contribution in [2.75, 3.05) is 13.2 Å². The molecule has 0 aliphatic heterocycles. The minimum atomic E-state index is -0.407. The molecule has 0 atom stereocenters. The van der Waals surface area contributed by atoms with E-state index in [9.17, 15) is 9.59 Å². The summed E-state index contributed by atoms with van der Waals surface area (Å²) < 4.78 is 13.4. The van der Waals surface area contributed by atoms with Crippen molar-refractivity contribution in [3.63, 3.8) is 0 Å². The number of ether oxygens (including phenoxy) is 2. The van der Waals surface area contributed by atoms with E-state index in [1.54, 1.807) is 17.6 Å². The molecule has 1 aromatic heterocycles. The number of hydrogen-bond acceptors (Lipinski definition) is 5. The Hall–Kier alpha value is -3.19. The third-order valence-corrected chi connectivity index (χ3v) is 5.02. The SMILES string of the molecule is CCOC(=O)Cn1c(=NC(=O)/C=C/c2ccccc2)sc2cccc(OCC)c21. The van der Waals surface area contributed by atoms with Crippen molar-refractivity contribution < 1.29 is 19.1 Å². The van der Waals surface area contributed by atoms with Crippen LogP contribution in [0.15, 0.2) is 59.6 Å². The summed E-state index contributed by atoms with van der Waals surface area (Å²) in [4.78, 5) is 29.2. The molecule has 1 amide bonds. The van der Waals surface area contributed by atoms with Crippen LogP contribution >= 0.6 is 11.3 Å². The molecule has 29 heavy (non-hydrogen) atoms. The number of aromatic nitrogens is 1. The highest BCUT2D eigenvalue weighted by Crippen LogP contribution is 2.27. The highest BCUT2D eigenvalue weighted by atomic mass is 32.1. The summed E-state index contributed by atoms with van der Waals surface area (Å²) in [6, 6.07) is 15.1. The predicted octanol–water partition coefficient (Wildman–Crippen LogP) is 3.81. The summed E-state index contributed by atoms with van der Waals surface area (Å²) in [6.07, 6.45) is 3.12. The van der Waals surface area contributed by atoms with Gasteiger partial charge in [-0.3, -0.25) is 9.59 Å². The van der Waals surface area contributed by atoms with E-state index >= 15 is 0 Å². The zero-order chi connectivity index (χ0) is 20.6. The van der Waals surface area contributed by atoms with Gasteiger partial charge in [-0.25, -0.2) is 0 Å². The molecular weight excluding hydrogens is 388 g/mol. The van der Waals surface area contributed by atoms with E-state index in [0.29, 0.717) is 17.2 Å². The van der Waals surface area contributed by atoms with Gasteiger partial charge in [0, 0.05) is 6.08 Å². The van der Waals surface area contributed by atoms with Crippen molar-refractivity contribution in [2.24, 2.45) is 4.99 Å². The molecule has 0 fully saturated rings. The Morgan fingerprint density at radius 2 is 1.86 bits per heavy atom. The normalized spacial score (nSPS) is 11.9. The van der Waals surface area contributed by atoms with Crippen LogP contribution in [0.1, 0.15) is 19.4 Å². The second-order valence-corrected chi connectivity index (χ2v) is 7.01. The van der Waals surface area contributed by atoms with E-state index < -0.39 is 11.9 Å². The van der Waals surface area contributed by atoms with E-state index in [-0.39, 0.29) is 13.2 Å². The number of rotatable bonds is 7. The van der Waals surface area contributed by atoms with Crippen LogP contribution in [-0.4, -0.2) is 29.7 Å². The molecule has 0 bridgehead atoms. The van der Waals surface area contributed by atoms with Crippen LogP contribution < -0.4 is 9.54 Å². The Balaban J connectivity index is 2.04. The fourth-order valence-electron chi connectivity index (χ4n) is 2.80. The Kier molecular flexibility index (Phi) is 6.97. The quantitative estimate of drug-likeness (QED) is 0.439. The van der Waals surface area contributed by atoms with Crippen molar-refractivity contribution in [3.8, 4) is 5.75 Å². The fourth-order valence-corrected chi connectivity index (χ4v) is 3.85. The maximum atomic E-state index is 12.4. The number of fused-ring (bicyclic) bond motifs is 1. The lowest BCUT2D eigenvalue weighted by molar-refractivity contribution is -0.143. The Bertz CT molecular complexity index is 1100. The zero-order valence-electron chi connectivity index (χ0n) is 16.3. The Morgan fingerprint density at radius 3 is 2.59 bits per heavy atom. The lowest BCUT2D eigenvalue weighted by Gasteiger charge is -2.09. The number of hydrogen-bond donors (Lipinski definition) is 0. The van der Waals surface area contributed by atoms with Crippen molar-refractivity contribution in [1.29, 1.82) is 0 Å². The van der Waals surface area contributed by atoms with Gasteiger partial charge >= 0.3 is 5.97 Å². The van der Waals surface area contributed by atoms with Gasteiger partial charge in [-0.05, 0) is 37.6 Å². The minimum absolute atomic E-state index is 0.0492. The molecule has 0 aliphatic rings. The van der Waals surface area contributed by atoms with Crippen LogP contribution in [0, 0.1) is 0 Å². The van der Waals surface area contributed by atoms with Crippen LogP contribution in [0.5, 0.6) is 5.75 Å². The fraction of sp³-hybridized carbons (Fsp3) is 0.227. The number of carbonyl (C=O) groups is 2. The molecule has 0 aliphatic carbocycles. The van der Waals surface area contributed by atoms with Gasteiger partial charge in [0.15, 0.2) is 4.80 Å². The standard InChI is InChI=1S/C22H22N2O4S/c1-3-27-17-11-8-12-18-21(17)24(15-20(26)28-4-2)22(29-18)23-19(25)14-13-16-9-6-5-7-10-16/h5-14H,3-4,15H2,1-2H3/b14-13+,23-22?. The second kappa shape index (κ2) is 9.84. The van der Waals surface area contributed by atoms with Crippen LogP contribution in [0.25, 0.3) is 16.3 Å². The molecular formula is C22H22N2O4S. The Labute approximate surface area is 172 Å². The highest BCUT2D eigenvalue weighted by Gasteiger charge is 2.15. The van der Waals surface area contributed by atoms with Gasteiger partial charge in [0.1, 0.15) is 17.8 Å². The molecule has 0 N–H and O–H groups in total. The number of benzene rings is 2. The van der Waals surface area contributed by atoms with Gasteiger partial charge in [-0.2, -0.15) is 4.99 Å². The van der Waals surface area contributed by atoms with E-state index in [4.69, 9.17) is 9.47 Å². The molecule has 0 spiro atoms. The summed E-state index contributed by atoms with van der Waals surface area (Å²) in [5.74, 6) is -0.164. The summed E-state index contributed by atoms with van der Waals surface area (Å²) in [6.45, 7) is 4.37. The molecule has 0 saturated heterocycles. The number of para-hydroxylation sites is 1. The molecule has 6 nitrogen and oxygen atoms in total. The average Bonchev–Trinajstić information content (AvgIpc) is 3.05. The first-order valence-electron chi connectivity index (χ1n) is 9.35. The molecule has 150 valence electrons. The van der Waals surface area contributed by atoms with E-state index in [1.165, 1.54) is 17.4 Å². The number of esters is 1. The van der Waals surface area contributed by atoms with Crippen LogP contribution in [0.2, 0.25) is 0 Å². The number of amides is 1. The zero-order valence-corrected chi connectivity index (χ0v) is 17.1. The lowest BCUT2D eigenvalue weighted by atomic mass is 10.2. The molecule has 2 aromatic carbocycles. The number of carbonyl (C=O) groups excluding carboxylic acids is 2. The largest absolute Gasteiger partial charge is 0.492 e. The summed E-state index contributed by atoms with van der Waals surface area (Å²) in [5.41, 5.74) is 1.64. The first-order chi connectivity index (χ1) is 14.1. The van der Waals surface area contributed by atoms with Gasteiger partial charge in [-0.1, -0.05) is 47.7 Å². The highest BCUT2D eigenvalue weighted by molar-refractivity contribution is 7.16. The molecule has 0 radical (unpaired) electrons. The van der Waals surface area contributed by atoms with E-state index in [2.05, 4.69) is 4.99 Å². The third-order valence-electron chi connectivity index (χ3n) is 3.98. The Morgan fingerprint density at radius 1 is 1.07 bits per heavy atom. The monoisotopic (exact) mass is 410 g/mol. The van der Waals surface area contributed by atoms with Crippen molar-refractivity contribution in [1.82, 2.24) is 4.57 Å². The smallest absolute Gasteiger partial charge is 0.326 e. The molecule has 0 saturated carbocycles. The topological polar surface area (TPSA) is 69.9 Å². The average molecular weight is 410 g/mol. The van der Waals surface area contributed by atoms with Gasteiger partial charge < -0.3 is 14.0 Å². The van der Waals surface area contributed by atoms with Crippen LogP contribution in [0.4, 0.5) is 0 Å². The molecule has 3 rings (SSSR count). The molecule has 7 heteroatoms. The predicted molar refractivity (Wildman–Crippen MR) is 114 cm³/mol. The maximum Gasteiger partial charge on any atom is 0.326 e. The molecule has 1 heterocycles. The third kappa shape index (κ3) is 5.20. The number of thiazole rings is 1. The summed E-state index contributed by atoms with van der Waals surface area (Å²) >= 11 is 1.33. The summed E-state index contributed by atoms with van der Waals surface area (Å²) in [7, 11) is 0. The minimum Gasteiger partial charge on any atom is -0.492 e. The van der Waals surface area contributed by atoms with Gasteiger partial charge in [0.2, 0.25) is 0 Å². The first-order valence-corrected chi connectivity index (χ1v) is 10.2. The lowest BCUT2D eigenvalue weighted by Crippen LogP contribution is -2.23. The van der Waals surface area contributed by atoms with Crippen LogP contribution in [0.3, 0.4) is 0 Å². The van der Waals surface area contributed by atoms with Crippen molar-refractivity contribution in [2.45, 2.75) is 20.4 Å². The van der Waals surface area contributed by atoms with Gasteiger partial charge in [0.05, 0.1) is 17.9 Å². The van der Waals surface area contributed by atoms with E-state index in [0.717, 1.165) is 15.8 Å². The second-order valence-electron chi connectivity index (χ2n) is 6.01. The van der Waals surface area contributed by atoms with Crippen LogP contribution in [-0.2, 0) is 20.9 Å². The van der Waals surface area contributed by atoms with Crippen molar-refractivity contribution in [3.05, 3.63) is 65.0 Å².